The summed E-state index contributed by atoms with van der Waals surface area (Å²) in [6.45, 7) is 0.679. The van der Waals surface area contributed by atoms with Gasteiger partial charge in [0.2, 0.25) is 11.0 Å². The van der Waals surface area contributed by atoms with Crippen LogP contribution in [-0.4, -0.2) is 21.9 Å². The Bertz CT molecular complexity index is 889. The molecule has 2 N–H and O–H groups in total. The summed E-state index contributed by atoms with van der Waals surface area (Å²) in [7, 11) is 0. The fraction of sp³-hybridized carbons (Fsp3) is 0.118. The van der Waals surface area contributed by atoms with Gasteiger partial charge in [0.05, 0.1) is 15.8 Å². The number of benzene rings is 2. The van der Waals surface area contributed by atoms with Gasteiger partial charge in [-0.15, -0.1) is 10.2 Å². The molecule has 1 amide bonds. The minimum Gasteiger partial charge on any atom is -0.356 e. The van der Waals surface area contributed by atoms with E-state index in [0.717, 1.165) is 15.0 Å². The summed E-state index contributed by atoms with van der Waals surface area (Å²) in [6.07, 6.45) is 0. The highest BCUT2D eigenvalue weighted by atomic mass is 35.5. The highest BCUT2D eigenvalue weighted by Gasteiger charge is 2.09. The lowest BCUT2D eigenvalue weighted by atomic mass is 10.2. The van der Waals surface area contributed by atoms with Crippen LogP contribution in [0.15, 0.2) is 52.9 Å². The SMILES string of the molecule is O=C(CSc1nnc(NCc2ccccc2)s1)Nc1ccc(Cl)c(Cl)c1. The maximum absolute atomic E-state index is 12.0. The molecule has 0 spiro atoms. The van der Waals surface area contributed by atoms with Gasteiger partial charge in [-0.25, -0.2) is 0 Å². The fourth-order valence-corrected chi connectivity index (χ4v) is 3.86. The average Bonchev–Trinajstić information content (AvgIpc) is 3.10. The van der Waals surface area contributed by atoms with Crippen LogP contribution < -0.4 is 10.6 Å². The number of anilines is 2. The molecule has 0 unspecified atom stereocenters. The van der Waals surface area contributed by atoms with E-state index in [-0.39, 0.29) is 11.7 Å². The van der Waals surface area contributed by atoms with Gasteiger partial charge in [-0.05, 0) is 23.8 Å². The summed E-state index contributed by atoms with van der Waals surface area (Å²) in [6, 6.07) is 15.0. The first-order valence-electron chi connectivity index (χ1n) is 7.59. The van der Waals surface area contributed by atoms with Gasteiger partial charge in [0.25, 0.3) is 0 Å². The topological polar surface area (TPSA) is 66.9 Å². The number of carbonyl (C=O) groups excluding carboxylic acids is 1. The van der Waals surface area contributed by atoms with Gasteiger partial charge in [-0.3, -0.25) is 4.79 Å². The molecule has 26 heavy (non-hydrogen) atoms. The zero-order chi connectivity index (χ0) is 18.4. The van der Waals surface area contributed by atoms with Crippen LogP contribution in [-0.2, 0) is 11.3 Å². The van der Waals surface area contributed by atoms with Crippen molar-refractivity contribution in [2.24, 2.45) is 0 Å². The number of rotatable bonds is 7. The quantitative estimate of drug-likeness (QED) is 0.510. The van der Waals surface area contributed by atoms with Crippen molar-refractivity contribution in [3.8, 4) is 0 Å². The Morgan fingerprint density at radius 1 is 1.08 bits per heavy atom. The Balaban J connectivity index is 1.46. The molecule has 0 saturated carbocycles. The first-order valence-corrected chi connectivity index (χ1v) is 10.1. The Kier molecular flexibility index (Phi) is 6.73. The maximum Gasteiger partial charge on any atom is 0.234 e. The Morgan fingerprint density at radius 2 is 1.88 bits per heavy atom. The van der Waals surface area contributed by atoms with E-state index in [1.807, 2.05) is 30.3 Å². The molecule has 0 radical (unpaired) electrons. The second-order valence-electron chi connectivity index (χ2n) is 5.18. The van der Waals surface area contributed by atoms with Crippen LogP contribution in [0.3, 0.4) is 0 Å². The summed E-state index contributed by atoms with van der Waals surface area (Å²) in [4.78, 5) is 12.0. The lowest BCUT2D eigenvalue weighted by Crippen LogP contribution is -2.13. The molecule has 1 heterocycles. The van der Waals surface area contributed by atoms with E-state index in [9.17, 15) is 4.79 Å². The number of hydrogen-bond acceptors (Lipinski definition) is 6. The Hall–Kier alpha value is -1.80. The molecule has 0 aliphatic heterocycles. The second-order valence-corrected chi connectivity index (χ2v) is 8.19. The summed E-state index contributed by atoms with van der Waals surface area (Å²) < 4.78 is 0.727. The van der Waals surface area contributed by atoms with Crippen LogP contribution in [0.1, 0.15) is 5.56 Å². The summed E-state index contributed by atoms with van der Waals surface area (Å²) in [5.74, 6) is 0.0792. The number of carbonyl (C=O) groups is 1. The van der Waals surface area contributed by atoms with E-state index < -0.39 is 0 Å². The van der Waals surface area contributed by atoms with E-state index in [1.54, 1.807) is 18.2 Å². The maximum atomic E-state index is 12.0. The van der Waals surface area contributed by atoms with Gasteiger partial charge in [0, 0.05) is 12.2 Å². The standard InChI is InChI=1S/C17H14Cl2N4OS2/c18-13-7-6-12(8-14(13)19)21-15(24)10-25-17-23-22-16(26-17)20-9-11-4-2-1-3-5-11/h1-8H,9-10H2,(H,20,22)(H,21,24). The van der Waals surface area contributed by atoms with Crippen LogP contribution in [0.25, 0.3) is 0 Å². The normalized spacial score (nSPS) is 10.5. The average molecular weight is 425 g/mol. The van der Waals surface area contributed by atoms with Crippen molar-refractivity contribution >= 4 is 63.0 Å². The van der Waals surface area contributed by atoms with Crippen molar-refractivity contribution in [2.45, 2.75) is 10.9 Å². The van der Waals surface area contributed by atoms with E-state index in [2.05, 4.69) is 20.8 Å². The van der Waals surface area contributed by atoms with Crippen molar-refractivity contribution in [1.82, 2.24) is 10.2 Å². The van der Waals surface area contributed by atoms with Gasteiger partial charge >= 0.3 is 0 Å². The third-order valence-corrected chi connectivity index (χ3v) is 5.98. The van der Waals surface area contributed by atoms with Gasteiger partial charge in [0.15, 0.2) is 4.34 Å². The van der Waals surface area contributed by atoms with Gasteiger partial charge in [-0.2, -0.15) is 0 Å². The lowest BCUT2D eigenvalue weighted by molar-refractivity contribution is -0.113. The second kappa shape index (κ2) is 9.23. The molecule has 0 aliphatic rings. The van der Waals surface area contributed by atoms with Crippen LogP contribution >= 0.6 is 46.3 Å². The van der Waals surface area contributed by atoms with Gasteiger partial charge < -0.3 is 10.6 Å². The zero-order valence-electron chi connectivity index (χ0n) is 13.4. The largest absolute Gasteiger partial charge is 0.356 e. The lowest BCUT2D eigenvalue weighted by Gasteiger charge is -2.05. The van der Waals surface area contributed by atoms with Gasteiger partial charge in [0.1, 0.15) is 0 Å². The summed E-state index contributed by atoms with van der Waals surface area (Å²) in [5.41, 5.74) is 1.77. The number of aromatic nitrogens is 2. The van der Waals surface area contributed by atoms with Crippen LogP contribution in [0, 0.1) is 0 Å². The molecule has 134 valence electrons. The first-order chi connectivity index (χ1) is 12.6. The predicted molar refractivity (Wildman–Crippen MR) is 109 cm³/mol. The highest BCUT2D eigenvalue weighted by Crippen LogP contribution is 2.27. The molecule has 0 fully saturated rings. The Morgan fingerprint density at radius 3 is 2.65 bits per heavy atom. The number of hydrogen-bond donors (Lipinski definition) is 2. The molecule has 5 nitrogen and oxygen atoms in total. The van der Waals surface area contributed by atoms with E-state index in [1.165, 1.54) is 23.1 Å². The molecule has 2 aromatic carbocycles. The molecule has 0 atom stereocenters. The minimum atomic E-state index is -0.151. The van der Waals surface area contributed by atoms with Crippen molar-refractivity contribution < 1.29 is 4.79 Å². The van der Waals surface area contributed by atoms with Gasteiger partial charge in [-0.1, -0.05) is 76.6 Å². The molecular weight excluding hydrogens is 411 g/mol. The smallest absolute Gasteiger partial charge is 0.234 e. The van der Waals surface area contributed by atoms with E-state index >= 15 is 0 Å². The molecular formula is C17H14Cl2N4OS2. The molecule has 1 aromatic heterocycles. The fourth-order valence-electron chi connectivity index (χ4n) is 2.01. The summed E-state index contributed by atoms with van der Waals surface area (Å²) >= 11 is 14.5. The van der Waals surface area contributed by atoms with Crippen LogP contribution in [0.4, 0.5) is 10.8 Å². The number of halogens is 2. The predicted octanol–water partition coefficient (Wildman–Crippen LogP) is 5.19. The van der Waals surface area contributed by atoms with Crippen molar-refractivity contribution in [3.63, 3.8) is 0 Å². The monoisotopic (exact) mass is 424 g/mol. The van der Waals surface area contributed by atoms with Crippen LogP contribution in [0.5, 0.6) is 0 Å². The van der Waals surface area contributed by atoms with Crippen molar-refractivity contribution in [2.75, 3.05) is 16.4 Å². The van der Waals surface area contributed by atoms with E-state index in [0.29, 0.717) is 22.3 Å². The highest BCUT2D eigenvalue weighted by molar-refractivity contribution is 8.01. The molecule has 0 bridgehead atoms. The third kappa shape index (κ3) is 5.60. The molecule has 0 saturated heterocycles. The first kappa shape index (κ1) is 19.0. The number of thioether (sulfide) groups is 1. The summed E-state index contributed by atoms with van der Waals surface area (Å²) in [5, 5.41) is 15.7. The molecule has 0 aliphatic carbocycles. The number of nitrogens with zero attached hydrogens (tertiary/aromatic N) is 2. The number of amides is 1. The molecule has 3 aromatic rings. The van der Waals surface area contributed by atoms with E-state index in [4.69, 9.17) is 23.2 Å². The third-order valence-electron chi connectivity index (χ3n) is 3.22. The Labute approximate surface area is 169 Å². The minimum absolute atomic E-state index is 0.151. The van der Waals surface area contributed by atoms with Crippen molar-refractivity contribution in [3.05, 3.63) is 64.1 Å². The van der Waals surface area contributed by atoms with Crippen LogP contribution in [0.2, 0.25) is 10.0 Å². The zero-order valence-corrected chi connectivity index (χ0v) is 16.6. The molecule has 3 rings (SSSR count). The molecule has 9 heteroatoms. The number of nitrogens with one attached hydrogen (secondary N) is 2. The van der Waals surface area contributed by atoms with Crippen molar-refractivity contribution in [1.29, 1.82) is 0 Å².